The lowest BCUT2D eigenvalue weighted by Crippen LogP contribution is -2.42. The normalized spacial score (nSPS) is 26.3. The van der Waals surface area contributed by atoms with Gasteiger partial charge in [-0.15, -0.1) is 0 Å². The number of fused-ring (bicyclic) bond motifs is 1. The summed E-state index contributed by atoms with van der Waals surface area (Å²) in [5, 5.41) is 12.6. The molecule has 0 unspecified atom stereocenters. The summed E-state index contributed by atoms with van der Waals surface area (Å²) in [6.45, 7) is 2.27. The molecule has 18 heavy (non-hydrogen) atoms. The Labute approximate surface area is 109 Å². The predicted molar refractivity (Wildman–Crippen MR) is 74.1 cm³/mol. The van der Waals surface area contributed by atoms with Crippen LogP contribution in [0.3, 0.4) is 0 Å². The Bertz CT molecular complexity index is 472. The monoisotopic (exact) mass is 243 g/mol. The van der Waals surface area contributed by atoms with E-state index in [0.717, 1.165) is 24.8 Å². The van der Waals surface area contributed by atoms with Gasteiger partial charge in [-0.25, -0.2) is 4.74 Å². The van der Waals surface area contributed by atoms with Crippen LogP contribution in [0.1, 0.15) is 62.5 Å². The van der Waals surface area contributed by atoms with Gasteiger partial charge >= 0.3 is 0 Å². The summed E-state index contributed by atoms with van der Waals surface area (Å²) in [6.07, 6.45) is 8.66. The van der Waals surface area contributed by atoms with Crippen LogP contribution in [0, 0.1) is 5.21 Å². The predicted octanol–water partition coefficient (Wildman–Crippen LogP) is 3.83. The fourth-order valence-corrected chi connectivity index (χ4v) is 3.74. The molecule has 0 saturated heterocycles. The first kappa shape index (κ1) is 11.8. The molecule has 2 nitrogen and oxygen atoms in total. The Morgan fingerprint density at radius 3 is 2.67 bits per heavy atom. The van der Waals surface area contributed by atoms with Crippen molar-refractivity contribution in [1.29, 1.82) is 0 Å². The van der Waals surface area contributed by atoms with Gasteiger partial charge in [0.15, 0.2) is 11.8 Å². The second-order valence-corrected chi connectivity index (χ2v) is 5.97. The largest absolute Gasteiger partial charge is 0.623 e. The number of nitrogens with zero attached hydrogens (tertiary/aromatic N) is 1. The molecule has 1 aromatic carbocycles. The molecule has 0 aromatic heterocycles. The molecule has 1 aromatic rings. The molecular formula is C16H21NO. The summed E-state index contributed by atoms with van der Waals surface area (Å²) in [5.74, 6) is 0.481. The summed E-state index contributed by atoms with van der Waals surface area (Å²) in [6, 6.07) is 8.34. The minimum Gasteiger partial charge on any atom is -0.623 e. The van der Waals surface area contributed by atoms with Crippen LogP contribution < -0.4 is 0 Å². The van der Waals surface area contributed by atoms with E-state index < -0.39 is 0 Å². The highest BCUT2D eigenvalue weighted by Crippen LogP contribution is 2.41. The molecule has 1 aliphatic carbocycles. The smallest absolute Gasteiger partial charge is 0.182 e. The Balaban J connectivity index is 2.04. The highest BCUT2D eigenvalue weighted by atomic mass is 16.5. The van der Waals surface area contributed by atoms with Crippen molar-refractivity contribution in [3.8, 4) is 0 Å². The molecule has 0 amide bonds. The lowest BCUT2D eigenvalue weighted by atomic mass is 9.75. The van der Waals surface area contributed by atoms with E-state index in [0.29, 0.717) is 5.92 Å². The van der Waals surface area contributed by atoms with Crippen LogP contribution in [-0.2, 0) is 0 Å². The SMILES string of the molecule is C[C@H]1CC2(CCCCC2)[N+]([O-])=Cc2ccccc21. The van der Waals surface area contributed by atoms with Crippen LogP contribution in [0.2, 0.25) is 0 Å². The van der Waals surface area contributed by atoms with Crippen molar-refractivity contribution in [3.05, 3.63) is 40.6 Å². The van der Waals surface area contributed by atoms with Crippen molar-refractivity contribution in [2.45, 2.75) is 56.9 Å². The van der Waals surface area contributed by atoms with E-state index in [1.165, 1.54) is 29.6 Å². The minimum absolute atomic E-state index is 0.128. The number of rotatable bonds is 0. The fraction of sp³-hybridized carbons (Fsp3) is 0.562. The molecule has 1 heterocycles. The Morgan fingerprint density at radius 1 is 1.17 bits per heavy atom. The van der Waals surface area contributed by atoms with Gasteiger partial charge in [-0.2, -0.15) is 0 Å². The highest BCUT2D eigenvalue weighted by Gasteiger charge is 2.43. The van der Waals surface area contributed by atoms with E-state index in [1.54, 1.807) is 0 Å². The topological polar surface area (TPSA) is 26.1 Å². The van der Waals surface area contributed by atoms with Crippen LogP contribution in [-0.4, -0.2) is 16.5 Å². The van der Waals surface area contributed by atoms with Gasteiger partial charge < -0.3 is 5.21 Å². The zero-order chi connectivity index (χ0) is 12.6. The maximum atomic E-state index is 12.6. The molecule has 1 fully saturated rings. The van der Waals surface area contributed by atoms with Crippen LogP contribution in [0.25, 0.3) is 0 Å². The zero-order valence-corrected chi connectivity index (χ0v) is 11.1. The second-order valence-electron chi connectivity index (χ2n) is 5.97. The summed E-state index contributed by atoms with van der Waals surface area (Å²) in [5.41, 5.74) is 2.32. The molecule has 2 heteroatoms. The maximum absolute atomic E-state index is 12.6. The molecule has 2 aliphatic rings. The van der Waals surface area contributed by atoms with E-state index in [9.17, 15) is 5.21 Å². The minimum atomic E-state index is -0.128. The van der Waals surface area contributed by atoms with E-state index >= 15 is 0 Å². The summed E-state index contributed by atoms with van der Waals surface area (Å²) < 4.78 is 1.29. The van der Waals surface area contributed by atoms with Gasteiger partial charge in [0, 0.05) is 24.8 Å². The van der Waals surface area contributed by atoms with Gasteiger partial charge in [0.25, 0.3) is 0 Å². The van der Waals surface area contributed by atoms with E-state index in [4.69, 9.17) is 0 Å². The van der Waals surface area contributed by atoms with Crippen molar-refractivity contribution in [2.75, 3.05) is 0 Å². The molecular weight excluding hydrogens is 222 g/mol. The molecule has 1 atom stereocenters. The number of hydrogen-bond acceptors (Lipinski definition) is 1. The second kappa shape index (κ2) is 4.42. The molecule has 3 rings (SSSR count). The van der Waals surface area contributed by atoms with Gasteiger partial charge in [0.05, 0.1) is 0 Å². The molecule has 1 saturated carbocycles. The Morgan fingerprint density at radius 2 is 1.89 bits per heavy atom. The fourth-order valence-electron chi connectivity index (χ4n) is 3.74. The van der Waals surface area contributed by atoms with Crippen LogP contribution in [0.15, 0.2) is 24.3 Å². The first-order valence-corrected chi connectivity index (χ1v) is 7.12. The lowest BCUT2D eigenvalue weighted by molar-refractivity contribution is -0.552. The third-order valence-corrected chi connectivity index (χ3v) is 4.72. The Kier molecular flexibility index (Phi) is 2.89. The number of hydrogen-bond donors (Lipinski definition) is 0. The van der Waals surface area contributed by atoms with Crippen LogP contribution in [0.5, 0.6) is 0 Å². The van der Waals surface area contributed by atoms with Gasteiger partial charge in [-0.05, 0) is 30.4 Å². The van der Waals surface area contributed by atoms with Gasteiger partial charge in [0.2, 0.25) is 0 Å². The standard InChI is InChI=1S/C16H21NO/c1-13-11-16(9-5-2-6-10-16)17(18)12-14-7-3-4-8-15(13)14/h3-4,7-8,12-13H,2,5-6,9-11H2,1H3/t13-/m0/s1. The molecule has 1 spiro atoms. The van der Waals surface area contributed by atoms with Gasteiger partial charge in [-0.3, -0.25) is 0 Å². The van der Waals surface area contributed by atoms with Gasteiger partial charge in [0.1, 0.15) is 0 Å². The first-order chi connectivity index (χ1) is 8.71. The van der Waals surface area contributed by atoms with Crippen molar-refractivity contribution < 1.29 is 4.74 Å². The Hall–Kier alpha value is -1.31. The molecule has 0 radical (unpaired) electrons. The average molecular weight is 243 g/mol. The van der Waals surface area contributed by atoms with Crippen LogP contribution in [0.4, 0.5) is 0 Å². The highest BCUT2D eigenvalue weighted by molar-refractivity contribution is 5.79. The van der Waals surface area contributed by atoms with E-state index in [2.05, 4.69) is 25.1 Å². The summed E-state index contributed by atoms with van der Waals surface area (Å²) in [4.78, 5) is 0. The van der Waals surface area contributed by atoms with E-state index in [1.807, 2.05) is 12.3 Å². The summed E-state index contributed by atoms with van der Waals surface area (Å²) in [7, 11) is 0. The molecule has 0 N–H and O–H groups in total. The van der Waals surface area contributed by atoms with Crippen molar-refractivity contribution in [1.82, 2.24) is 0 Å². The number of hydroxylamine groups is 1. The van der Waals surface area contributed by atoms with Gasteiger partial charge in [-0.1, -0.05) is 31.5 Å². The first-order valence-electron chi connectivity index (χ1n) is 7.12. The van der Waals surface area contributed by atoms with Crippen molar-refractivity contribution >= 4 is 6.21 Å². The number of benzene rings is 1. The third kappa shape index (κ3) is 1.84. The quantitative estimate of drug-likeness (QED) is 0.502. The van der Waals surface area contributed by atoms with Crippen LogP contribution >= 0.6 is 0 Å². The molecule has 0 bridgehead atoms. The maximum Gasteiger partial charge on any atom is 0.182 e. The molecule has 96 valence electrons. The van der Waals surface area contributed by atoms with Crippen molar-refractivity contribution in [3.63, 3.8) is 0 Å². The van der Waals surface area contributed by atoms with E-state index in [-0.39, 0.29) is 5.54 Å². The lowest BCUT2D eigenvalue weighted by Gasteiger charge is -2.35. The molecule has 1 aliphatic heterocycles. The average Bonchev–Trinajstić information content (AvgIpc) is 2.48. The summed E-state index contributed by atoms with van der Waals surface area (Å²) >= 11 is 0. The van der Waals surface area contributed by atoms with Crippen molar-refractivity contribution in [2.24, 2.45) is 0 Å². The third-order valence-electron chi connectivity index (χ3n) is 4.72. The zero-order valence-electron chi connectivity index (χ0n) is 11.1.